The number of hydrogen-bond acceptors (Lipinski definition) is 3. The maximum Gasteiger partial charge on any atom is 0.324 e. The molecule has 0 spiro atoms. The van der Waals surface area contributed by atoms with Crippen molar-refractivity contribution in [3.63, 3.8) is 0 Å². The molecule has 2 atom stereocenters. The topological polar surface area (TPSA) is 52.6 Å². The van der Waals surface area contributed by atoms with E-state index in [9.17, 15) is 9.90 Å². The first-order chi connectivity index (χ1) is 9.03. The highest BCUT2D eigenvalue weighted by Gasteiger charge is 2.43. The molecule has 104 valence electrons. The maximum absolute atomic E-state index is 11.7. The van der Waals surface area contributed by atoms with Gasteiger partial charge in [-0.15, -0.1) is 0 Å². The molecule has 1 aliphatic heterocycles. The van der Waals surface area contributed by atoms with Crippen molar-refractivity contribution in [3.8, 4) is 0 Å². The number of benzene rings is 1. The summed E-state index contributed by atoms with van der Waals surface area (Å²) >= 11 is 0. The molecule has 1 aliphatic rings. The second kappa shape index (κ2) is 5.72. The van der Waals surface area contributed by atoms with E-state index >= 15 is 0 Å². The summed E-state index contributed by atoms with van der Waals surface area (Å²) in [5.41, 5.74) is 0.330. The second-order valence-corrected chi connectivity index (χ2v) is 5.51. The van der Waals surface area contributed by atoms with Gasteiger partial charge in [-0.25, -0.2) is 0 Å². The summed E-state index contributed by atoms with van der Waals surface area (Å²) in [7, 11) is 2.05. The zero-order valence-electron chi connectivity index (χ0n) is 11.6. The quantitative estimate of drug-likeness (QED) is 0.867. The Labute approximate surface area is 114 Å². The highest BCUT2D eigenvalue weighted by molar-refractivity contribution is 5.79. The van der Waals surface area contributed by atoms with E-state index in [1.807, 2.05) is 37.4 Å². The van der Waals surface area contributed by atoms with E-state index in [4.69, 9.17) is 0 Å². The van der Waals surface area contributed by atoms with E-state index in [0.29, 0.717) is 19.4 Å². The summed E-state index contributed by atoms with van der Waals surface area (Å²) in [5.74, 6) is -0.733. The van der Waals surface area contributed by atoms with Gasteiger partial charge in [0.2, 0.25) is 0 Å². The molecule has 2 rings (SSSR count). The molecule has 4 heteroatoms. The molecular weight excluding hydrogens is 240 g/mol. The van der Waals surface area contributed by atoms with Crippen LogP contribution in [0, 0.1) is 0 Å². The van der Waals surface area contributed by atoms with Crippen LogP contribution in [-0.2, 0) is 11.3 Å². The average Bonchev–Trinajstić information content (AvgIpc) is 2.41. The zero-order valence-corrected chi connectivity index (χ0v) is 11.6. The number of aliphatic carboxylic acids is 1. The van der Waals surface area contributed by atoms with E-state index in [-0.39, 0.29) is 6.04 Å². The van der Waals surface area contributed by atoms with Gasteiger partial charge < -0.3 is 10.0 Å². The summed E-state index contributed by atoms with van der Waals surface area (Å²) in [6, 6.07) is 10.2. The molecule has 0 bridgehead atoms. The van der Waals surface area contributed by atoms with Crippen LogP contribution >= 0.6 is 0 Å². The van der Waals surface area contributed by atoms with Crippen molar-refractivity contribution in [2.24, 2.45) is 0 Å². The van der Waals surface area contributed by atoms with E-state index in [2.05, 4.69) is 17.1 Å². The van der Waals surface area contributed by atoms with Crippen molar-refractivity contribution >= 4 is 5.97 Å². The van der Waals surface area contributed by atoms with Crippen LogP contribution in [0.4, 0.5) is 0 Å². The fourth-order valence-electron chi connectivity index (χ4n) is 2.65. The third-order valence-corrected chi connectivity index (χ3v) is 4.17. The normalized spacial score (nSPS) is 28.2. The van der Waals surface area contributed by atoms with Crippen LogP contribution in [0.15, 0.2) is 30.3 Å². The largest absolute Gasteiger partial charge is 0.480 e. The van der Waals surface area contributed by atoms with Gasteiger partial charge in [-0.1, -0.05) is 30.3 Å². The van der Waals surface area contributed by atoms with Crippen molar-refractivity contribution in [1.29, 1.82) is 0 Å². The van der Waals surface area contributed by atoms with Gasteiger partial charge in [-0.2, -0.15) is 0 Å². The SMILES string of the molecule is CC1CC(NCc2ccccc2)(C(=O)O)CCN1C. The van der Waals surface area contributed by atoms with E-state index in [1.54, 1.807) is 0 Å². The Bertz CT molecular complexity index is 435. The fourth-order valence-corrected chi connectivity index (χ4v) is 2.65. The predicted molar refractivity (Wildman–Crippen MR) is 75.0 cm³/mol. The number of nitrogens with zero attached hydrogens (tertiary/aromatic N) is 1. The van der Waals surface area contributed by atoms with Crippen LogP contribution < -0.4 is 5.32 Å². The highest BCUT2D eigenvalue weighted by Crippen LogP contribution is 2.26. The van der Waals surface area contributed by atoms with Gasteiger partial charge >= 0.3 is 5.97 Å². The smallest absolute Gasteiger partial charge is 0.324 e. The van der Waals surface area contributed by atoms with Crippen molar-refractivity contribution in [3.05, 3.63) is 35.9 Å². The molecule has 2 unspecified atom stereocenters. The van der Waals surface area contributed by atoms with Gasteiger partial charge in [0.1, 0.15) is 5.54 Å². The third kappa shape index (κ3) is 3.14. The zero-order chi connectivity index (χ0) is 13.9. The summed E-state index contributed by atoms with van der Waals surface area (Å²) in [6.45, 7) is 3.50. The molecule has 1 heterocycles. The number of carbonyl (C=O) groups is 1. The van der Waals surface area contributed by atoms with Crippen LogP contribution in [0.2, 0.25) is 0 Å². The lowest BCUT2D eigenvalue weighted by Gasteiger charge is -2.42. The lowest BCUT2D eigenvalue weighted by molar-refractivity contribution is -0.148. The van der Waals surface area contributed by atoms with Gasteiger partial charge in [0.15, 0.2) is 0 Å². The Kier molecular flexibility index (Phi) is 4.22. The molecule has 0 aromatic heterocycles. The molecule has 1 fully saturated rings. The minimum atomic E-state index is -0.790. The van der Waals surface area contributed by atoms with Crippen LogP contribution in [-0.4, -0.2) is 41.1 Å². The molecular formula is C15H22N2O2. The number of carboxylic acids is 1. The first kappa shape index (κ1) is 14.0. The van der Waals surface area contributed by atoms with Crippen LogP contribution in [0.25, 0.3) is 0 Å². The minimum absolute atomic E-state index is 0.285. The van der Waals surface area contributed by atoms with Crippen LogP contribution in [0.3, 0.4) is 0 Å². The Balaban J connectivity index is 2.06. The minimum Gasteiger partial charge on any atom is -0.480 e. The van der Waals surface area contributed by atoms with Crippen molar-refractivity contribution < 1.29 is 9.90 Å². The van der Waals surface area contributed by atoms with Gasteiger partial charge in [-0.3, -0.25) is 10.1 Å². The molecule has 2 N–H and O–H groups in total. The standard InChI is InChI=1S/C15H22N2O2/c1-12-10-15(14(18)19,8-9-17(12)2)16-11-13-6-4-3-5-7-13/h3-7,12,16H,8-11H2,1-2H3,(H,18,19). The monoisotopic (exact) mass is 262 g/mol. The molecule has 1 aromatic rings. The average molecular weight is 262 g/mol. The Morgan fingerprint density at radius 3 is 2.74 bits per heavy atom. The maximum atomic E-state index is 11.7. The van der Waals surface area contributed by atoms with Crippen LogP contribution in [0.5, 0.6) is 0 Å². The first-order valence-electron chi connectivity index (χ1n) is 6.76. The Morgan fingerprint density at radius 1 is 1.47 bits per heavy atom. The van der Waals surface area contributed by atoms with Gasteiger partial charge in [0, 0.05) is 19.1 Å². The van der Waals surface area contributed by atoms with Gasteiger partial charge in [0.25, 0.3) is 0 Å². The highest BCUT2D eigenvalue weighted by atomic mass is 16.4. The fraction of sp³-hybridized carbons (Fsp3) is 0.533. The number of rotatable bonds is 4. The second-order valence-electron chi connectivity index (χ2n) is 5.51. The third-order valence-electron chi connectivity index (χ3n) is 4.17. The molecule has 19 heavy (non-hydrogen) atoms. The number of carboxylic acid groups (broad SMARTS) is 1. The molecule has 0 saturated carbocycles. The van der Waals surface area contributed by atoms with Crippen molar-refractivity contribution in [2.75, 3.05) is 13.6 Å². The van der Waals surface area contributed by atoms with E-state index < -0.39 is 11.5 Å². The number of nitrogens with one attached hydrogen (secondary N) is 1. The molecule has 0 aliphatic carbocycles. The summed E-state index contributed by atoms with van der Waals surface area (Å²) in [6.07, 6.45) is 1.29. The molecule has 0 radical (unpaired) electrons. The van der Waals surface area contributed by atoms with E-state index in [1.165, 1.54) is 0 Å². The number of likely N-dealkylation sites (tertiary alicyclic amines) is 1. The van der Waals surface area contributed by atoms with Crippen LogP contribution in [0.1, 0.15) is 25.3 Å². The summed E-state index contributed by atoms with van der Waals surface area (Å²) in [4.78, 5) is 13.9. The summed E-state index contributed by atoms with van der Waals surface area (Å²) < 4.78 is 0. The number of hydrogen-bond donors (Lipinski definition) is 2. The Hall–Kier alpha value is -1.39. The van der Waals surface area contributed by atoms with Gasteiger partial charge in [-0.05, 0) is 32.4 Å². The van der Waals surface area contributed by atoms with Crippen molar-refractivity contribution in [2.45, 2.75) is 37.9 Å². The van der Waals surface area contributed by atoms with Crippen molar-refractivity contribution in [1.82, 2.24) is 10.2 Å². The Morgan fingerprint density at radius 2 is 2.16 bits per heavy atom. The summed E-state index contributed by atoms with van der Waals surface area (Å²) in [5, 5.41) is 12.9. The van der Waals surface area contributed by atoms with E-state index in [0.717, 1.165) is 12.1 Å². The number of piperidine rings is 1. The lowest BCUT2D eigenvalue weighted by atomic mass is 9.83. The van der Waals surface area contributed by atoms with Gasteiger partial charge in [0.05, 0.1) is 0 Å². The first-order valence-corrected chi connectivity index (χ1v) is 6.76. The molecule has 4 nitrogen and oxygen atoms in total. The lowest BCUT2D eigenvalue weighted by Crippen LogP contribution is -2.59. The molecule has 1 aromatic carbocycles. The molecule has 1 saturated heterocycles. The molecule has 0 amide bonds. The predicted octanol–water partition coefficient (Wildman–Crippen LogP) is 1.71.